The highest BCUT2D eigenvalue weighted by Gasteiger charge is 2.17. The summed E-state index contributed by atoms with van der Waals surface area (Å²) in [7, 11) is 0. The van der Waals surface area contributed by atoms with Crippen LogP contribution in [0.15, 0.2) is 54.6 Å². The van der Waals surface area contributed by atoms with Crippen LogP contribution < -0.4 is 0 Å². The van der Waals surface area contributed by atoms with E-state index in [1.807, 2.05) is 61.5 Å². The molecule has 118 valence electrons. The molecule has 0 aliphatic heterocycles. The number of halogens is 1. The maximum atomic E-state index is 6.31. The van der Waals surface area contributed by atoms with Crippen LogP contribution in [0.3, 0.4) is 0 Å². The number of aromatic nitrogens is 5. The molecule has 0 bridgehead atoms. The highest BCUT2D eigenvalue weighted by atomic mass is 35.5. The van der Waals surface area contributed by atoms with Gasteiger partial charge in [-0.25, -0.2) is 9.67 Å². The first-order valence-electron chi connectivity index (χ1n) is 7.70. The van der Waals surface area contributed by atoms with Crippen molar-refractivity contribution in [1.82, 2.24) is 25.0 Å². The summed E-state index contributed by atoms with van der Waals surface area (Å²) in [5.41, 5.74) is 3.94. The molecule has 0 fully saturated rings. The lowest BCUT2D eigenvalue weighted by Gasteiger charge is -2.04. The molecule has 0 radical (unpaired) electrons. The fourth-order valence-corrected chi connectivity index (χ4v) is 2.83. The Bertz CT molecular complexity index is 1010. The van der Waals surface area contributed by atoms with Gasteiger partial charge >= 0.3 is 0 Å². The molecule has 0 amide bonds. The molecule has 6 heteroatoms. The number of para-hydroxylation sites is 1. The third kappa shape index (κ3) is 2.43. The van der Waals surface area contributed by atoms with Crippen LogP contribution in [0.1, 0.15) is 12.6 Å². The van der Waals surface area contributed by atoms with E-state index in [-0.39, 0.29) is 0 Å². The summed E-state index contributed by atoms with van der Waals surface area (Å²) in [6.07, 6.45) is 0.751. The van der Waals surface area contributed by atoms with Gasteiger partial charge in [0.15, 0.2) is 5.82 Å². The van der Waals surface area contributed by atoms with Gasteiger partial charge in [0.2, 0.25) is 5.65 Å². The number of nitrogens with zero attached hydrogens (tertiary/aromatic N) is 5. The van der Waals surface area contributed by atoms with E-state index in [1.54, 1.807) is 4.68 Å². The molecule has 0 spiro atoms. The van der Waals surface area contributed by atoms with Crippen LogP contribution in [0.2, 0.25) is 5.02 Å². The van der Waals surface area contributed by atoms with E-state index in [4.69, 9.17) is 16.6 Å². The maximum absolute atomic E-state index is 6.31. The van der Waals surface area contributed by atoms with Crippen LogP contribution in [0.5, 0.6) is 0 Å². The van der Waals surface area contributed by atoms with Crippen molar-refractivity contribution in [1.29, 1.82) is 0 Å². The van der Waals surface area contributed by atoms with E-state index in [0.717, 1.165) is 28.9 Å². The summed E-state index contributed by atoms with van der Waals surface area (Å²) in [6.45, 7) is 2.04. The lowest BCUT2D eigenvalue weighted by Crippen LogP contribution is -2.01. The SMILES string of the molecule is CCc1nn(-c2ccccc2Cl)c2nnc(-c3ccccc3)nc12. The number of fused-ring (bicyclic) bond motifs is 1. The smallest absolute Gasteiger partial charge is 0.204 e. The van der Waals surface area contributed by atoms with E-state index in [0.29, 0.717) is 16.5 Å². The maximum Gasteiger partial charge on any atom is 0.204 e. The van der Waals surface area contributed by atoms with Gasteiger partial charge in [-0.3, -0.25) is 0 Å². The summed E-state index contributed by atoms with van der Waals surface area (Å²) >= 11 is 6.31. The Morgan fingerprint density at radius 1 is 0.958 bits per heavy atom. The molecule has 0 saturated carbocycles. The lowest BCUT2D eigenvalue weighted by atomic mass is 10.2. The third-order valence-electron chi connectivity index (χ3n) is 3.81. The molecule has 24 heavy (non-hydrogen) atoms. The molecule has 4 rings (SSSR count). The Morgan fingerprint density at radius 2 is 1.71 bits per heavy atom. The standard InChI is InChI=1S/C18H14ClN5/c1-2-14-16-18(24(23-14)15-11-7-6-10-13(15)19)22-21-17(20-16)12-8-4-3-5-9-12/h3-11H,2H2,1H3. The van der Waals surface area contributed by atoms with Crippen LogP contribution in [0.4, 0.5) is 0 Å². The van der Waals surface area contributed by atoms with E-state index >= 15 is 0 Å². The van der Waals surface area contributed by atoms with E-state index < -0.39 is 0 Å². The summed E-state index contributed by atoms with van der Waals surface area (Å²) in [6, 6.07) is 17.3. The summed E-state index contributed by atoms with van der Waals surface area (Å²) < 4.78 is 1.71. The molecule has 2 heterocycles. The van der Waals surface area contributed by atoms with Crippen molar-refractivity contribution in [3.8, 4) is 17.1 Å². The predicted octanol–water partition coefficient (Wildman–Crippen LogP) is 4.09. The molecule has 2 aromatic heterocycles. The van der Waals surface area contributed by atoms with Crippen LogP contribution >= 0.6 is 11.6 Å². The third-order valence-corrected chi connectivity index (χ3v) is 4.13. The van der Waals surface area contributed by atoms with Gasteiger partial charge in [-0.15, -0.1) is 10.2 Å². The first-order valence-corrected chi connectivity index (χ1v) is 8.08. The Labute approximate surface area is 143 Å². The molecule has 2 aromatic carbocycles. The minimum atomic E-state index is 0.594. The van der Waals surface area contributed by atoms with Gasteiger partial charge in [0.05, 0.1) is 16.4 Å². The molecular formula is C18H14ClN5. The minimum absolute atomic E-state index is 0.594. The second-order valence-electron chi connectivity index (χ2n) is 5.34. The summed E-state index contributed by atoms with van der Waals surface area (Å²) in [5.74, 6) is 0.594. The van der Waals surface area contributed by atoms with Crippen molar-refractivity contribution < 1.29 is 0 Å². The lowest BCUT2D eigenvalue weighted by molar-refractivity contribution is 0.845. The Hall–Kier alpha value is -2.79. The fourth-order valence-electron chi connectivity index (χ4n) is 2.61. The van der Waals surface area contributed by atoms with Gasteiger partial charge < -0.3 is 0 Å². The van der Waals surface area contributed by atoms with Crippen LogP contribution in [0, 0.1) is 0 Å². The number of rotatable bonds is 3. The van der Waals surface area contributed by atoms with Gasteiger partial charge in [-0.1, -0.05) is 61.0 Å². The Kier molecular flexibility index (Phi) is 3.70. The van der Waals surface area contributed by atoms with Gasteiger partial charge in [0.1, 0.15) is 5.52 Å². The molecule has 0 aliphatic rings. The van der Waals surface area contributed by atoms with Crippen molar-refractivity contribution in [2.24, 2.45) is 0 Å². The minimum Gasteiger partial charge on any atom is -0.221 e. The van der Waals surface area contributed by atoms with Gasteiger partial charge in [0.25, 0.3) is 0 Å². The number of aryl methyl sites for hydroxylation is 1. The molecule has 4 aromatic rings. The van der Waals surface area contributed by atoms with E-state index in [2.05, 4.69) is 15.3 Å². The van der Waals surface area contributed by atoms with Gasteiger partial charge in [-0.05, 0) is 18.6 Å². The average Bonchev–Trinajstić information content (AvgIpc) is 3.00. The van der Waals surface area contributed by atoms with E-state index in [1.165, 1.54) is 0 Å². The second kappa shape index (κ2) is 6.02. The molecular weight excluding hydrogens is 322 g/mol. The monoisotopic (exact) mass is 335 g/mol. The average molecular weight is 336 g/mol. The molecule has 0 aliphatic carbocycles. The second-order valence-corrected chi connectivity index (χ2v) is 5.74. The van der Waals surface area contributed by atoms with Crippen molar-refractivity contribution in [3.63, 3.8) is 0 Å². The zero-order valence-corrected chi connectivity index (χ0v) is 13.8. The highest BCUT2D eigenvalue weighted by Crippen LogP contribution is 2.25. The number of hydrogen-bond acceptors (Lipinski definition) is 4. The van der Waals surface area contributed by atoms with Crippen molar-refractivity contribution >= 4 is 22.8 Å². The molecule has 5 nitrogen and oxygen atoms in total. The summed E-state index contributed by atoms with van der Waals surface area (Å²) in [5, 5.41) is 13.9. The number of benzene rings is 2. The Morgan fingerprint density at radius 3 is 2.46 bits per heavy atom. The predicted molar refractivity (Wildman–Crippen MR) is 94.3 cm³/mol. The highest BCUT2D eigenvalue weighted by molar-refractivity contribution is 6.32. The quantitative estimate of drug-likeness (QED) is 0.565. The molecule has 0 unspecified atom stereocenters. The zero-order valence-electron chi connectivity index (χ0n) is 13.0. The van der Waals surface area contributed by atoms with Crippen LogP contribution in [-0.4, -0.2) is 25.0 Å². The van der Waals surface area contributed by atoms with Gasteiger partial charge in [-0.2, -0.15) is 5.10 Å². The van der Waals surface area contributed by atoms with Crippen molar-refractivity contribution in [2.45, 2.75) is 13.3 Å². The first-order chi connectivity index (χ1) is 11.8. The van der Waals surface area contributed by atoms with Crippen LogP contribution in [0.25, 0.3) is 28.2 Å². The topological polar surface area (TPSA) is 56.5 Å². The first kappa shape index (κ1) is 14.8. The fraction of sp³-hybridized carbons (Fsp3) is 0.111. The van der Waals surface area contributed by atoms with Gasteiger partial charge in [0, 0.05) is 5.56 Å². The molecule has 0 N–H and O–H groups in total. The molecule has 0 atom stereocenters. The molecule has 0 saturated heterocycles. The zero-order chi connectivity index (χ0) is 16.5. The van der Waals surface area contributed by atoms with Crippen molar-refractivity contribution in [2.75, 3.05) is 0 Å². The van der Waals surface area contributed by atoms with Crippen LogP contribution in [-0.2, 0) is 6.42 Å². The normalized spacial score (nSPS) is 11.1. The Balaban J connectivity index is 1.94. The van der Waals surface area contributed by atoms with Crippen molar-refractivity contribution in [3.05, 3.63) is 65.3 Å². The van der Waals surface area contributed by atoms with E-state index in [9.17, 15) is 0 Å². The number of hydrogen-bond donors (Lipinski definition) is 0. The largest absolute Gasteiger partial charge is 0.221 e. The summed E-state index contributed by atoms with van der Waals surface area (Å²) in [4.78, 5) is 4.69.